The minimum absolute atomic E-state index is 0.308. The van der Waals surface area contributed by atoms with Crippen LogP contribution < -0.4 is 23.7 Å². The molecule has 0 bridgehead atoms. The quantitative estimate of drug-likeness (QED) is 0.0264. The lowest BCUT2D eigenvalue weighted by molar-refractivity contribution is -0.139. The topological polar surface area (TPSA) is 158 Å². The molecule has 0 fully saturated rings. The average molecular weight is 1130 g/mol. The lowest BCUT2D eigenvalue weighted by Crippen LogP contribution is -2.08. The SMILES string of the molecule is C=C(C)C(=O)OCCCc1ccc(-c2ccc(-c3ccc(OC(=O)C(=C)C)cc3)c(F)c2)cc1.C=C(C)C(=O)Oc1ccc(-c2ccc(OC(=O)C(=C)C)cc2)cc1.C=C(C)C(=O)Oc1ccc2c(ccc3cc(OC(=O)C(=C)C)ccc32)c1. The first-order chi connectivity index (χ1) is 39.9. The van der Waals surface area contributed by atoms with Gasteiger partial charge in [-0.3, -0.25) is 0 Å². The third-order valence-corrected chi connectivity index (χ3v) is 12.2. The van der Waals surface area contributed by atoms with Crippen LogP contribution in [-0.4, -0.2) is 42.4 Å². The molecule has 0 saturated heterocycles. The van der Waals surface area contributed by atoms with Gasteiger partial charge in [-0.1, -0.05) is 137 Å². The van der Waals surface area contributed by atoms with E-state index in [-0.39, 0.29) is 11.8 Å². The molecular formula is C71H63FO12. The van der Waals surface area contributed by atoms with E-state index in [1.54, 1.807) is 108 Å². The lowest BCUT2D eigenvalue weighted by Gasteiger charge is -2.09. The highest BCUT2D eigenvalue weighted by Crippen LogP contribution is 2.33. The highest BCUT2D eigenvalue weighted by atomic mass is 19.1. The number of fused-ring (bicyclic) bond motifs is 3. The van der Waals surface area contributed by atoms with Gasteiger partial charge in [0.15, 0.2) is 0 Å². The molecule has 13 heteroatoms. The minimum Gasteiger partial charge on any atom is -0.462 e. The average Bonchev–Trinajstić information content (AvgIpc) is 2.19. The summed E-state index contributed by atoms with van der Waals surface area (Å²) in [7, 11) is 0. The van der Waals surface area contributed by atoms with Crippen molar-refractivity contribution in [3.8, 4) is 62.1 Å². The van der Waals surface area contributed by atoms with Crippen LogP contribution in [0.4, 0.5) is 4.39 Å². The van der Waals surface area contributed by atoms with Crippen LogP contribution >= 0.6 is 0 Å². The molecular weight excluding hydrogens is 1060 g/mol. The summed E-state index contributed by atoms with van der Waals surface area (Å²) in [6, 6.07) is 48.7. The van der Waals surface area contributed by atoms with E-state index in [2.05, 4.69) is 39.5 Å². The van der Waals surface area contributed by atoms with Crippen LogP contribution in [-0.2, 0) is 39.9 Å². The number of hydrogen-bond donors (Lipinski definition) is 0. The van der Waals surface area contributed by atoms with Crippen LogP contribution in [0.3, 0.4) is 0 Å². The van der Waals surface area contributed by atoms with Crippen molar-refractivity contribution >= 4 is 57.4 Å². The number of halogens is 1. The molecule has 0 unspecified atom stereocenters. The molecule has 0 aliphatic rings. The fraction of sp³-hybridized carbons (Fsp3) is 0.127. The van der Waals surface area contributed by atoms with Gasteiger partial charge in [0.1, 0.15) is 34.6 Å². The maximum absolute atomic E-state index is 14.9. The van der Waals surface area contributed by atoms with Crippen molar-refractivity contribution in [3.63, 3.8) is 0 Å². The van der Waals surface area contributed by atoms with Gasteiger partial charge in [0, 0.05) is 39.0 Å². The van der Waals surface area contributed by atoms with E-state index in [9.17, 15) is 33.2 Å². The Morgan fingerprint density at radius 2 is 0.655 bits per heavy atom. The zero-order valence-electron chi connectivity index (χ0n) is 47.7. The van der Waals surface area contributed by atoms with Gasteiger partial charge in [-0.2, -0.15) is 0 Å². The van der Waals surface area contributed by atoms with Crippen molar-refractivity contribution in [3.05, 3.63) is 248 Å². The van der Waals surface area contributed by atoms with Gasteiger partial charge in [-0.25, -0.2) is 33.2 Å². The Morgan fingerprint density at radius 3 is 1.01 bits per heavy atom. The molecule has 84 heavy (non-hydrogen) atoms. The number of rotatable bonds is 18. The van der Waals surface area contributed by atoms with Crippen LogP contribution in [0.1, 0.15) is 53.5 Å². The molecule has 0 atom stereocenters. The van der Waals surface area contributed by atoms with Crippen molar-refractivity contribution in [1.29, 1.82) is 0 Å². The summed E-state index contributed by atoms with van der Waals surface area (Å²) in [5.41, 5.74) is 7.92. The summed E-state index contributed by atoms with van der Waals surface area (Å²) in [5, 5.41) is 3.90. The highest BCUT2D eigenvalue weighted by molar-refractivity contribution is 6.08. The van der Waals surface area contributed by atoms with Gasteiger partial charge < -0.3 is 28.4 Å². The Kier molecular flexibility index (Phi) is 21.8. The van der Waals surface area contributed by atoms with Crippen molar-refractivity contribution in [2.45, 2.75) is 54.4 Å². The number of ether oxygens (including phenoxy) is 6. The standard InChI is InChI=1S/C29H27FO4.C22H18O4.C20H18O4/c1-19(2)28(31)33-17-5-6-21-7-9-22(10-8-21)24-13-16-26(27(30)18-24)23-11-14-25(15-12-23)34-29(32)20(3)4;1-13(2)21(23)25-17-7-9-19-15(11-17)5-6-16-12-18(8-10-20(16)19)26-22(24)14(3)4;1-13(2)19(21)23-17-9-5-15(6-10-17)16-7-11-18(12-8-16)24-20(22)14(3)4/h7-16,18H,1,3,5-6,17H2,2,4H3;5-12H,1,3H2,2,4H3;5-12H,1,3H2,2,4H3. The summed E-state index contributed by atoms with van der Waals surface area (Å²) in [6.07, 6.45) is 1.49. The van der Waals surface area contributed by atoms with Crippen LogP contribution in [0, 0.1) is 5.82 Å². The smallest absolute Gasteiger partial charge is 0.338 e. The molecule has 426 valence electrons. The molecule has 0 radical (unpaired) electrons. The van der Waals surface area contributed by atoms with Gasteiger partial charge >= 0.3 is 35.8 Å². The van der Waals surface area contributed by atoms with Crippen molar-refractivity contribution in [1.82, 2.24) is 0 Å². The predicted octanol–water partition coefficient (Wildman–Crippen LogP) is 16.0. The lowest BCUT2D eigenvalue weighted by atomic mass is 9.98. The first-order valence-corrected chi connectivity index (χ1v) is 26.3. The summed E-state index contributed by atoms with van der Waals surface area (Å²) < 4.78 is 46.0. The summed E-state index contributed by atoms with van der Waals surface area (Å²) >= 11 is 0. The summed E-state index contributed by atoms with van der Waals surface area (Å²) in [6.45, 7) is 31.3. The molecule has 0 saturated carbocycles. The molecule has 0 aromatic heterocycles. The van der Waals surface area contributed by atoms with Crippen LogP contribution in [0.25, 0.3) is 54.9 Å². The van der Waals surface area contributed by atoms with Gasteiger partial charge in [-0.05, 0) is 176 Å². The second-order valence-corrected chi connectivity index (χ2v) is 19.7. The number of aryl methyl sites for hydroxylation is 1. The summed E-state index contributed by atoms with van der Waals surface area (Å²) in [4.78, 5) is 69.3. The number of carbonyl (C=O) groups excluding carboxylic acids is 6. The van der Waals surface area contributed by atoms with E-state index in [0.717, 1.165) is 55.8 Å². The molecule has 0 amide bonds. The third-order valence-electron chi connectivity index (χ3n) is 12.2. The monoisotopic (exact) mass is 1130 g/mol. The number of hydrogen-bond acceptors (Lipinski definition) is 12. The molecule has 0 heterocycles. The van der Waals surface area contributed by atoms with E-state index in [1.165, 1.54) is 6.07 Å². The largest absolute Gasteiger partial charge is 0.462 e. The molecule has 8 aromatic rings. The fourth-order valence-electron chi connectivity index (χ4n) is 7.62. The maximum atomic E-state index is 14.9. The van der Waals surface area contributed by atoms with Crippen LogP contribution in [0.2, 0.25) is 0 Å². The molecule has 8 rings (SSSR count). The zero-order chi connectivity index (χ0) is 61.2. The molecule has 0 aliphatic heterocycles. The Balaban J connectivity index is 0.000000206. The third kappa shape index (κ3) is 18.0. The first kappa shape index (κ1) is 62.7. The fourth-order valence-corrected chi connectivity index (χ4v) is 7.62. The Morgan fingerprint density at radius 1 is 0.345 bits per heavy atom. The predicted molar refractivity (Wildman–Crippen MR) is 327 cm³/mol. The first-order valence-electron chi connectivity index (χ1n) is 26.3. The normalized spacial score (nSPS) is 10.3. The van der Waals surface area contributed by atoms with Crippen molar-refractivity contribution in [2.75, 3.05) is 6.61 Å². The van der Waals surface area contributed by atoms with E-state index in [1.807, 2.05) is 91.0 Å². The highest BCUT2D eigenvalue weighted by Gasteiger charge is 2.14. The molecule has 0 aliphatic carbocycles. The number of benzene rings is 8. The van der Waals surface area contributed by atoms with Crippen molar-refractivity contribution < 1.29 is 61.6 Å². The van der Waals surface area contributed by atoms with E-state index in [0.29, 0.717) is 86.3 Å². The molecule has 8 aromatic carbocycles. The molecule has 0 spiro atoms. The van der Waals surface area contributed by atoms with Crippen LogP contribution in [0.15, 0.2) is 237 Å². The van der Waals surface area contributed by atoms with E-state index < -0.39 is 29.8 Å². The minimum atomic E-state index is -0.500. The zero-order valence-corrected chi connectivity index (χ0v) is 47.7. The van der Waals surface area contributed by atoms with E-state index in [4.69, 9.17) is 28.4 Å². The maximum Gasteiger partial charge on any atom is 0.338 e. The Hall–Kier alpha value is -10.5. The van der Waals surface area contributed by atoms with Crippen LogP contribution in [0.5, 0.6) is 28.7 Å². The summed E-state index contributed by atoms with van der Waals surface area (Å²) in [5.74, 6) is -0.786. The van der Waals surface area contributed by atoms with Gasteiger partial charge in [0.25, 0.3) is 0 Å². The second-order valence-electron chi connectivity index (χ2n) is 19.7. The van der Waals surface area contributed by atoms with Gasteiger partial charge in [0.2, 0.25) is 0 Å². The number of esters is 6. The van der Waals surface area contributed by atoms with Crippen molar-refractivity contribution in [2.24, 2.45) is 0 Å². The van der Waals surface area contributed by atoms with Gasteiger partial charge in [0.05, 0.1) is 6.61 Å². The Bertz CT molecular complexity index is 3710. The second kappa shape index (κ2) is 29.3. The van der Waals surface area contributed by atoms with Gasteiger partial charge in [-0.15, -0.1) is 0 Å². The Labute approximate surface area is 488 Å². The molecule has 12 nitrogen and oxygen atoms in total. The van der Waals surface area contributed by atoms with E-state index >= 15 is 0 Å². The number of carbonyl (C=O) groups is 6. The molecule has 0 N–H and O–H groups in total.